The van der Waals surface area contributed by atoms with E-state index in [0.29, 0.717) is 0 Å². The van der Waals surface area contributed by atoms with Crippen molar-refractivity contribution in [2.45, 2.75) is 12.5 Å². The number of hydrogen-bond acceptors (Lipinski definition) is 3. The third kappa shape index (κ3) is 2.40. The number of rotatable bonds is 3. The van der Waals surface area contributed by atoms with Gasteiger partial charge in [0.1, 0.15) is 12.1 Å². The largest absolute Gasteiger partial charge is 0.347 e. The molecule has 24 heavy (non-hydrogen) atoms. The van der Waals surface area contributed by atoms with Gasteiger partial charge in [-0.05, 0) is 23.3 Å². The summed E-state index contributed by atoms with van der Waals surface area (Å²) in [5, 5.41) is 4.64. The number of imide groups is 1. The summed E-state index contributed by atoms with van der Waals surface area (Å²) >= 11 is 0. The molecule has 1 unspecified atom stereocenters. The summed E-state index contributed by atoms with van der Waals surface area (Å²) in [5.41, 5.74) is -0.469. The summed E-state index contributed by atoms with van der Waals surface area (Å²) in [5.74, 6) is -0.722. The molecule has 1 heterocycles. The van der Waals surface area contributed by atoms with Crippen LogP contribution in [0.3, 0.4) is 0 Å². The maximum Gasteiger partial charge on any atom is 0.325 e. The number of likely N-dealkylation sites (N-methyl/N-ethyl adjacent to an activating group) is 1. The molecule has 1 aliphatic heterocycles. The van der Waals surface area contributed by atoms with Gasteiger partial charge >= 0.3 is 6.03 Å². The molecule has 1 atom stereocenters. The predicted octanol–water partition coefficient (Wildman–Crippen LogP) is 1.69. The zero-order chi connectivity index (χ0) is 17.5. The van der Waals surface area contributed by atoms with Gasteiger partial charge in [0.05, 0.1) is 0 Å². The van der Waals surface area contributed by atoms with E-state index >= 15 is 0 Å². The Labute approximate surface area is 140 Å². The molecule has 0 bridgehead atoms. The third-order valence-corrected chi connectivity index (χ3v) is 4.40. The molecule has 0 saturated carbocycles. The second-order valence-corrected chi connectivity index (χ2v) is 6.26. The van der Waals surface area contributed by atoms with Crippen LogP contribution in [0, 0.1) is 0 Å². The van der Waals surface area contributed by atoms with Gasteiger partial charge < -0.3 is 10.2 Å². The van der Waals surface area contributed by atoms with Gasteiger partial charge in [-0.15, -0.1) is 0 Å². The van der Waals surface area contributed by atoms with Crippen LogP contribution in [0.15, 0.2) is 42.5 Å². The van der Waals surface area contributed by atoms with E-state index in [2.05, 4.69) is 5.32 Å². The Balaban J connectivity index is 2.03. The van der Waals surface area contributed by atoms with E-state index in [1.165, 1.54) is 4.90 Å². The van der Waals surface area contributed by atoms with Gasteiger partial charge in [0.25, 0.3) is 5.91 Å². The Hall–Kier alpha value is -2.89. The van der Waals surface area contributed by atoms with Crippen molar-refractivity contribution in [1.29, 1.82) is 0 Å². The number of carbonyl (C=O) groups excluding carboxylic acids is 3. The normalized spacial score (nSPS) is 20.4. The van der Waals surface area contributed by atoms with E-state index in [1.54, 1.807) is 21.0 Å². The van der Waals surface area contributed by atoms with E-state index in [9.17, 15) is 14.4 Å². The molecule has 1 saturated heterocycles. The number of nitrogens with one attached hydrogen (secondary N) is 1. The maximum atomic E-state index is 12.9. The quantitative estimate of drug-likeness (QED) is 0.873. The second-order valence-electron chi connectivity index (χ2n) is 6.26. The summed E-state index contributed by atoms with van der Waals surface area (Å²) in [6.45, 7) is 1.41. The monoisotopic (exact) mass is 325 g/mol. The maximum absolute atomic E-state index is 12.9. The van der Waals surface area contributed by atoms with Crippen LogP contribution in [0.2, 0.25) is 0 Å². The van der Waals surface area contributed by atoms with Crippen LogP contribution < -0.4 is 5.32 Å². The zero-order valence-corrected chi connectivity index (χ0v) is 13.9. The van der Waals surface area contributed by atoms with E-state index in [-0.39, 0.29) is 12.5 Å². The second kappa shape index (κ2) is 5.63. The van der Waals surface area contributed by atoms with Crippen molar-refractivity contribution in [3.8, 4) is 0 Å². The fraction of sp³-hybridized carbons (Fsp3) is 0.278. The van der Waals surface area contributed by atoms with E-state index in [4.69, 9.17) is 0 Å². The van der Waals surface area contributed by atoms with Crippen molar-refractivity contribution >= 4 is 28.6 Å². The molecule has 0 aromatic heterocycles. The summed E-state index contributed by atoms with van der Waals surface area (Å²) < 4.78 is 0. The highest BCUT2D eigenvalue weighted by molar-refractivity contribution is 6.10. The van der Waals surface area contributed by atoms with E-state index < -0.39 is 17.5 Å². The summed E-state index contributed by atoms with van der Waals surface area (Å²) in [6.07, 6.45) is 0. The fourth-order valence-electron chi connectivity index (χ4n) is 2.96. The SMILES string of the molecule is CN(C)C(=O)CN1C(=O)NC(C)(c2cccc3ccccc23)C1=O. The first-order chi connectivity index (χ1) is 11.3. The van der Waals surface area contributed by atoms with Crippen molar-refractivity contribution in [1.82, 2.24) is 15.1 Å². The van der Waals surface area contributed by atoms with Crippen LogP contribution in [-0.2, 0) is 15.1 Å². The fourth-order valence-corrected chi connectivity index (χ4v) is 2.96. The third-order valence-electron chi connectivity index (χ3n) is 4.40. The minimum atomic E-state index is -1.19. The van der Waals surface area contributed by atoms with Gasteiger partial charge in [-0.1, -0.05) is 42.5 Å². The number of nitrogens with zero attached hydrogens (tertiary/aromatic N) is 2. The molecule has 6 nitrogen and oxygen atoms in total. The molecule has 2 aromatic rings. The lowest BCUT2D eigenvalue weighted by atomic mass is 9.88. The molecular formula is C18H19N3O3. The Morgan fingerprint density at radius 2 is 1.79 bits per heavy atom. The highest BCUT2D eigenvalue weighted by Gasteiger charge is 2.50. The first-order valence-corrected chi connectivity index (χ1v) is 7.67. The van der Waals surface area contributed by atoms with Gasteiger partial charge in [0.15, 0.2) is 0 Å². The van der Waals surface area contributed by atoms with Crippen LogP contribution in [0.4, 0.5) is 4.79 Å². The number of hydrogen-bond donors (Lipinski definition) is 1. The summed E-state index contributed by atoms with van der Waals surface area (Å²) in [7, 11) is 3.18. The number of fused-ring (bicyclic) bond motifs is 1. The minimum Gasteiger partial charge on any atom is -0.347 e. The lowest BCUT2D eigenvalue weighted by Crippen LogP contribution is -2.43. The topological polar surface area (TPSA) is 69.7 Å². The molecule has 0 spiro atoms. The van der Waals surface area contributed by atoms with E-state index in [0.717, 1.165) is 21.2 Å². The lowest BCUT2D eigenvalue weighted by Gasteiger charge is -2.24. The molecule has 4 amide bonds. The molecule has 2 aromatic carbocycles. The van der Waals surface area contributed by atoms with Crippen LogP contribution in [0.1, 0.15) is 12.5 Å². The molecule has 1 N–H and O–H groups in total. The van der Waals surface area contributed by atoms with Gasteiger partial charge in [0.2, 0.25) is 5.91 Å². The number of amides is 4. The van der Waals surface area contributed by atoms with Crippen LogP contribution in [0.25, 0.3) is 10.8 Å². The standard InChI is InChI=1S/C18H19N3O3/c1-18(14-10-6-8-12-7-4-5-9-13(12)14)16(23)21(17(24)19-18)11-15(22)20(2)3/h4-10H,11H2,1-3H3,(H,19,24). The minimum absolute atomic E-state index is 0.266. The Bertz CT molecular complexity index is 841. The predicted molar refractivity (Wildman–Crippen MR) is 90.2 cm³/mol. The van der Waals surface area contributed by atoms with Gasteiger partial charge in [-0.25, -0.2) is 4.79 Å². The van der Waals surface area contributed by atoms with Crippen LogP contribution in [0.5, 0.6) is 0 Å². The molecule has 1 fully saturated rings. The van der Waals surface area contributed by atoms with Crippen molar-refractivity contribution in [2.75, 3.05) is 20.6 Å². The number of benzene rings is 2. The molecule has 3 rings (SSSR count). The highest BCUT2D eigenvalue weighted by atomic mass is 16.2. The van der Waals surface area contributed by atoms with Crippen LogP contribution >= 0.6 is 0 Å². The first-order valence-electron chi connectivity index (χ1n) is 7.67. The van der Waals surface area contributed by atoms with E-state index in [1.807, 2.05) is 42.5 Å². The summed E-state index contributed by atoms with van der Waals surface area (Å²) in [6, 6.07) is 12.8. The van der Waals surface area contributed by atoms with Gasteiger partial charge in [-0.2, -0.15) is 0 Å². The van der Waals surface area contributed by atoms with Gasteiger partial charge in [0, 0.05) is 14.1 Å². The van der Waals surface area contributed by atoms with Crippen molar-refractivity contribution < 1.29 is 14.4 Å². The Morgan fingerprint density at radius 3 is 2.50 bits per heavy atom. The zero-order valence-electron chi connectivity index (χ0n) is 13.9. The van der Waals surface area contributed by atoms with Crippen molar-refractivity contribution in [3.63, 3.8) is 0 Å². The van der Waals surface area contributed by atoms with Crippen molar-refractivity contribution in [2.24, 2.45) is 0 Å². The molecule has 124 valence electrons. The molecule has 1 aliphatic rings. The average molecular weight is 325 g/mol. The van der Waals surface area contributed by atoms with Crippen LogP contribution in [-0.4, -0.2) is 48.3 Å². The van der Waals surface area contributed by atoms with Crippen molar-refractivity contribution in [3.05, 3.63) is 48.0 Å². The Morgan fingerprint density at radius 1 is 1.12 bits per heavy atom. The lowest BCUT2D eigenvalue weighted by molar-refractivity contribution is -0.137. The molecule has 0 radical (unpaired) electrons. The van der Waals surface area contributed by atoms with Gasteiger partial charge in [-0.3, -0.25) is 14.5 Å². The number of urea groups is 1. The molecule has 0 aliphatic carbocycles. The Kier molecular flexibility index (Phi) is 3.75. The average Bonchev–Trinajstić information content (AvgIpc) is 2.78. The highest BCUT2D eigenvalue weighted by Crippen LogP contribution is 2.33. The summed E-state index contributed by atoms with van der Waals surface area (Å²) in [4.78, 5) is 39.4. The number of carbonyl (C=O) groups is 3. The first kappa shape index (κ1) is 16.0. The molecular weight excluding hydrogens is 306 g/mol. The smallest absolute Gasteiger partial charge is 0.325 e. The molecule has 6 heteroatoms.